The van der Waals surface area contributed by atoms with Gasteiger partial charge in [0, 0.05) is 11.6 Å². The van der Waals surface area contributed by atoms with Crippen molar-refractivity contribution in [2.45, 2.75) is 24.7 Å². The Balaban J connectivity index is 2.46. The van der Waals surface area contributed by atoms with E-state index in [4.69, 9.17) is 19.9 Å². The van der Waals surface area contributed by atoms with Gasteiger partial charge in [0.15, 0.2) is 11.5 Å². The van der Waals surface area contributed by atoms with Crippen LogP contribution in [0, 0.1) is 0 Å². The fourth-order valence-electron chi connectivity index (χ4n) is 2.35. The molecular formula is C18H18F5NO3. The Labute approximate surface area is 152 Å². The molecule has 0 spiro atoms. The van der Waals surface area contributed by atoms with Crippen LogP contribution in [-0.2, 0) is 6.61 Å². The van der Waals surface area contributed by atoms with Gasteiger partial charge in [0.1, 0.15) is 18.4 Å². The van der Waals surface area contributed by atoms with E-state index >= 15 is 0 Å². The minimum atomic E-state index is -5.82. The molecule has 0 aromatic heterocycles. The van der Waals surface area contributed by atoms with Gasteiger partial charge in [-0.2, -0.15) is 22.0 Å². The Bertz CT molecular complexity index is 766. The highest BCUT2D eigenvalue weighted by atomic mass is 19.4. The van der Waals surface area contributed by atoms with E-state index in [1.54, 1.807) is 30.3 Å². The van der Waals surface area contributed by atoms with E-state index in [0.29, 0.717) is 5.56 Å². The first-order chi connectivity index (χ1) is 12.6. The van der Waals surface area contributed by atoms with Crippen LogP contribution in [0.15, 0.2) is 42.5 Å². The van der Waals surface area contributed by atoms with Crippen molar-refractivity contribution >= 4 is 0 Å². The maximum absolute atomic E-state index is 13.8. The summed E-state index contributed by atoms with van der Waals surface area (Å²) in [5, 5.41) is 0. The number of benzene rings is 2. The molecule has 0 bridgehead atoms. The van der Waals surface area contributed by atoms with E-state index in [1.165, 1.54) is 20.3 Å². The number of hydrogen-bond donors (Lipinski definition) is 1. The SMILES string of the molecule is COc1cc(OCc2ccccc2)c([C@H](N)C(F)(F)C(F)(F)F)cc1OC. The normalized spacial score (nSPS) is 13.2. The highest BCUT2D eigenvalue weighted by molar-refractivity contribution is 5.52. The Morgan fingerprint density at radius 1 is 0.889 bits per heavy atom. The Morgan fingerprint density at radius 3 is 1.96 bits per heavy atom. The van der Waals surface area contributed by atoms with Crippen molar-refractivity contribution in [1.29, 1.82) is 0 Å². The molecule has 148 valence electrons. The van der Waals surface area contributed by atoms with Crippen LogP contribution in [0.3, 0.4) is 0 Å². The maximum atomic E-state index is 13.8. The largest absolute Gasteiger partial charge is 0.493 e. The summed E-state index contributed by atoms with van der Waals surface area (Å²) in [4.78, 5) is 0. The molecule has 4 nitrogen and oxygen atoms in total. The highest BCUT2D eigenvalue weighted by Gasteiger charge is 2.62. The van der Waals surface area contributed by atoms with Crippen molar-refractivity contribution in [3.8, 4) is 17.2 Å². The third-order valence-corrected chi connectivity index (χ3v) is 3.86. The molecule has 2 rings (SSSR count). The number of alkyl halides is 5. The van der Waals surface area contributed by atoms with Gasteiger partial charge >= 0.3 is 12.1 Å². The van der Waals surface area contributed by atoms with E-state index in [1.807, 2.05) is 0 Å². The molecule has 0 aliphatic carbocycles. The van der Waals surface area contributed by atoms with Crippen molar-refractivity contribution < 1.29 is 36.2 Å². The number of ether oxygens (including phenoxy) is 3. The summed E-state index contributed by atoms with van der Waals surface area (Å²) < 4.78 is 81.4. The minimum absolute atomic E-state index is 0.0482. The van der Waals surface area contributed by atoms with E-state index in [-0.39, 0.29) is 23.9 Å². The Kier molecular flexibility index (Phi) is 6.15. The lowest BCUT2D eigenvalue weighted by Gasteiger charge is -2.28. The van der Waals surface area contributed by atoms with Crippen LogP contribution < -0.4 is 19.9 Å². The third kappa shape index (κ3) is 4.41. The fraction of sp³-hybridized carbons (Fsp3) is 0.333. The van der Waals surface area contributed by atoms with Gasteiger partial charge in [-0.3, -0.25) is 0 Å². The summed E-state index contributed by atoms with van der Waals surface area (Å²) in [7, 11) is 2.52. The van der Waals surface area contributed by atoms with Crippen molar-refractivity contribution in [2.24, 2.45) is 5.73 Å². The predicted octanol–water partition coefficient (Wildman–Crippen LogP) is 4.48. The molecule has 2 aromatic rings. The molecule has 27 heavy (non-hydrogen) atoms. The zero-order valence-electron chi connectivity index (χ0n) is 14.5. The second-order valence-electron chi connectivity index (χ2n) is 5.62. The Morgan fingerprint density at radius 2 is 1.44 bits per heavy atom. The van der Waals surface area contributed by atoms with Crippen LogP contribution in [0.2, 0.25) is 0 Å². The van der Waals surface area contributed by atoms with Crippen LogP contribution in [0.1, 0.15) is 17.2 Å². The number of halogens is 5. The second kappa shape index (κ2) is 7.99. The summed E-state index contributed by atoms with van der Waals surface area (Å²) in [5.74, 6) is -5.37. The Hall–Kier alpha value is -2.55. The summed E-state index contributed by atoms with van der Waals surface area (Å²) >= 11 is 0. The molecule has 0 aliphatic rings. The second-order valence-corrected chi connectivity index (χ2v) is 5.62. The summed E-state index contributed by atoms with van der Waals surface area (Å²) in [6, 6.07) is 8.10. The van der Waals surface area contributed by atoms with Crippen LogP contribution in [0.4, 0.5) is 22.0 Å². The molecule has 0 radical (unpaired) electrons. The quantitative estimate of drug-likeness (QED) is 0.707. The van der Waals surface area contributed by atoms with Crippen LogP contribution >= 0.6 is 0 Å². The molecule has 0 saturated carbocycles. The van der Waals surface area contributed by atoms with Gasteiger partial charge in [-0.1, -0.05) is 30.3 Å². The predicted molar refractivity (Wildman–Crippen MR) is 88.3 cm³/mol. The first kappa shape index (κ1) is 20.8. The lowest BCUT2D eigenvalue weighted by atomic mass is 9.99. The van der Waals surface area contributed by atoms with Gasteiger partial charge in [-0.25, -0.2) is 0 Å². The zero-order valence-corrected chi connectivity index (χ0v) is 14.5. The lowest BCUT2D eigenvalue weighted by molar-refractivity contribution is -0.291. The standard InChI is InChI=1S/C18H18F5NO3/c1-25-14-8-12(16(24)17(19,20)18(21,22)23)13(9-15(14)26-2)27-10-11-6-4-3-5-7-11/h3-9,16H,10,24H2,1-2H3/t16-/m0/s1. The zero-order chi connectivity index (χ0) is 20.2. The first-order valence-electron chi connectivity index (χ1n) is 7.74. The molecular weight excluding hydrogens is 373 g/mol. The molecule has 0 heterocycles. The average Bonchev–Trinajstić information content (AvgIpc) is 2.64. The number of methoxy groups -OCH3 is 2. The summed E-state index contributed by atoms with van der Waals surface area (Å²) in [6.45, 7) is -0.0619. The maximum Gasteiger partial charge on any atom is 0.455 e. The number of hydrogen-bond acceptors (Lipinski definition) is 4. The van der Waals surface area contributed by atoms with E-state index in [0.717, 1.165) is 6.07 Å². The third-order valence-electron chi connectivity index (χ3n) is 3.86. The molecule has 0 aliphatic heterocycles. The van der Waals surface area contributed by atoms with Gasteiger partial charge in [-0.05, 0) is 11.6 Å². The molecule has 0 fully saturated rings. The van der Waals surface area contributed by atoms with Crippen LogP contribution in [-0.4, -0.2) is 26.3 Å². The lowest BCUT2D eigenvalue weighted by Crippen LogP contribution is -2.46. The molecule has 1 atom stereocenters. The number of rotatable bonds is 7. The molecule has 0 amide bonds. The van der Waals surface area contributed by atoms with Crippen molar-refractivity contribution in [3.63, 3.8) is 0 Å². The molecule has 0 saturated heterocycles. The highest BCUT2D eigenvalue weighted by Crippen LogP contribution is 2.47. The molecule has 0 unspecified atom stereocenters. The van der Waals surface area contributed by atoms with Crippen LogP contribution in [0.5, 0.6) is 17.2 Å². The van der Waals surface area contributed by atoms with E-state index < -0.39 is 23.7 Å². The average molecular weight is 391 g/mol. The summed E-state index contributed by atoms with van der Waals surface area (Å²) in [6.07, 6.45) is -5.82. The minimum Gasteiger partial charge on any atom is -0.493 e. The van der Waals surface area contributed by atoms with Crippen LogP contribution in [0.25, 0.3) is 0 Å². The first-order valence-corrected chi connectivity index (χ1v) is 7.74. The van der Waals surface area contributed by atoms with E-state index in [2.05, 4.69) is 0 Å². The smallest absolute Gasteiger partial charge is 0.455 e. The van der Waals surface area contributed by atoms with Gasteiger partial charge in [0.05, 0.1) is 14.2 Å². The van der Waals surface area contributed by atoms with Gasteiger partial charge in [0.25, 0.3) is 0 Å². The summed E-state index contributed by atoms with van der Waals surface area (Å²) in [5.41, 5.74) is 5.44. The van der Waals surface area contributed by atoms with Crippen molar-refractivity contribution in [1.82, 2.24) is 0 Å². The fourth-order valence-corrected chi connectivity index (χ4v) is 2.35. The topological polar surface area (TPSA) is 53.7 Å². The molecule has 2 aromatic carbocycles. The van der Waals surface area contributed by atoms with Crippen molar-refractivity contribution in [3.05, 3.63) is 53.6 Å². The number of nitrogens with two attached hydrogens (primary N) is 1. The van der Waals surface area contributed by atoms with Gasteiger partial charge < -0.3 is 19.9 Å². The van der Waals surface area contributed by atoms with Gasteiger partial charge in [-0.15, -0.1) is 0 Å². The van der Waals surface area contributed by atoms with E-state index in [9.17, 15) is 22.0 Å². The molecule has 2 N–H and O–H groups in total. The molecule has 9 heteroatoms. The van der Waals surface area contributed by atoms with Gasteiger partial charge in [0.2, 0.25) is 0 Å². The monoisotopic (exact) mass is 391 g/mol. The van der Waals surface area contributed by atoms with Crippen molar-refractivity contribution in [2.75, 3.05) is 14.2 Å².